The highest BCUT2D eigenvalue weighted by Gasteiger charge is 2.03. The van der Waals surface area contributed by atoms with Crippen LogP contribution in [0.5, 0.6) is 0 Å². The molecule has 1 aromatic carbocycles. The molecule has 0 aliphatic rings. The van der Waals surface area contributed by atoms with Gasteiger partial charge in [0.1, 0.15) is 0 Å². The second-order valence-electron chi connectivity index (χ2n) is 3.23. The van der Waals surface area contributed by atoms with Gasteiger partial charge in [0.05, 0.1) is 6.61 Å². The van der Waals surface area contributed by atoms with Crippen molar-refractivity contribution in [2.75, 3.05) is 0 Å². The van der Waals surface area contributed by atoms with Crippen LogP contribution in [0.25, 0.3) is 6.08 Å². The van der Waals surface area contributed by atoms with Crippen molar-refractivity contribution >= 4 is 12.0 Å². The molecule has 0 aliphatic heterocycles. The molecule has 0 saturated heterocycles. The molecule has 0 aromatic heterocycles. The molecular weight excluding hydrogens is 192 g/mol. The Morgan fingerprint density at radius 1 is 1.33 bits per heavy atom. The number of aliphatic hydroxyl groups is 1. The average Bonchev–Trinajstić information content (AvgIpc) is 2.26. The monoisotopic (exact) mass is 206 g/mol. The maximum atomic E-state index is 10.7. The average molecular weight is 206 g/mol. The highest BCUT2D eigenvalue weighted by atomic mass is 16.4. The number of aliphatic hydroxyl groups excluding tert-OH is 1. The van der Waals surface area contributed by atoms with Gasteiger partial charge in [0.2, 0.25) is 0 Å². The van der Waals surface area contributed by atoms with E-state index in [9.17, 15) is 4.79 Å². The van der Waals surface area contributed by atoms with Crippen molar-refractivity contribution in [1.82, 2.24) is 0 Å². The molecule has 0 bridgehead atoms. The minimum Gasteiger partial charge on any atom is -0.478 e. The fourth-order valence-corrected chi connectivity index (χ4v) is 1.24. The van der Waals surface area contributed by atoms with Gasteiger partial charge in [0, 0.05) is 5.57 Å². The Bertz CT molecular complexity index is 363. The van der Waals surface area contributed by atoms with Gasteiger partial charge in [-0.15, -0.1) is 0 Å². The van der Waals surface area contributed by atoms with Gasteiger partial charge < -0.3 is 10.2 Å². The number of benzene rings is 1. The van der Waals surface area contributed by atoms with Gasteiger partial charge in [-0.3, -0.25) is 0 Å². The lowest BCUT2D eigenvalue weighted by atomic mass is 10.1. The molecule has 3 heteroatoms. The molecule has 0 unspecified atom stereocenters. The fourth-order valence-electron chi connectivity index (χ4n) is 1.24. The van der Waals surface area contributed by atoms with E-state index < -0.39 is 5.97 Å². The van der Waals surface area contributed by atoms with Crippen LogP contribution < -0.4 is 0 Å². The molecule has 1 aromatic rings. The minimum absolute atomic E-state index is 0.00353. The van der Waals surface area contributed by atoms with Crippen LogP contribution in [0.4, 0.5) is 0 Å². The molecule has 3 nitrogen and oxygen atoms in total. The van der Waals surface area contributed by atoms with E-state index in [4.69, 9.17) is 10.2 Å². The molecule has 0 aliphatic carbocycles. The fraction of sp³-hybridized carbons (Fsp3) is 0.250. The summed E-state index contributed by atoms with van der Waals surface area (Å²) in [5.41, 5.74) is 2.04. The summed E-state index contributed by atoms with van der Waals surface area (Å²) in [6, 6.07) is 7.15. The highest BCUT2D eigenvalue weighted by molar-refractivity contribution is 5.92. The van der Waals surface area contributed by atoms with E-state index in [0.717, 1.165) is 11.1 Å². The Morgan fingerprint density at radius 3 is 2.33 bits per heavy atom. The summed E-state index contributed by atoms with van der Waals surface area (Å²) in [5, 5.41) is 17.7. The number of aliphatic carboxylic acids is 1. The van der Waals surface area contributed by atoms with Crippen LogP contribution in [0, 0.1) is 0 Å². The van der Waals surface area contributed by atoms with Crippen LogP contribution in [0.3, 0.4) is 0 Å². The zero-order valence-electron chi connectivity index (χ0n) is 8.60. The van der Waals surface area contributed by atoms with Crippen molar-refractivity contribution in [1.29, 1.82) is 0 Å². The SMILES string of the molecule is CCC(=Cc1ccc(CO)cc1)C(=O)O. The van der Waals surface area contributed by atoms with Crippen LogP contribution in [-0.4, -0.2) is 16.2 Å². The summed E-state index contributed by atoms with van der Waals surface area (Å²) < 4.78 is 0. The first kappa shape index (κ1) is 11.5. The summed E-state index contributed by atoms with van der Waals surface area (Å²) >= 11 is 0. The Balaban J connectivity index is 2.92. The third-order valence-corrected chi connectivity index (χ3v) is 2.16. The van der Waals surface area contributed by atoms with E-state index in [1.807, 2.05) is 6.92 Å². The van der Waals surface area contributed by atoms with Gasteiger partial charge in [-0.25, -0.2) is 4.79 Å². The van der Waals surface area contributed by atoms with E-state index in [2.05, 4.69) is 0 Å². The summed E-state index contributed by atoms with van der Waals surface area (Å²) in [4.78, 5) is 10.7. The lowest BCUT2D eigenvalue weighted by Gasteiger charge is -2.00. The molecule has 0 radical (unpaired) electrons. The van der Waals surface area contributed by atoms with Gasteiger partial charge in [-0.2, -0.15) is 0 Å². The second-order valence-corrected chi connectivity index (χ2v) is 3.23. The van der Waals surface area contributed by atoms with Crippen molar-refractivity contribution in [2.24, 2.45) is 0 Å². The zero-order chi connectivity index (χ0) is 11.3. The lowest BCUT2D eigenvalue weighted by Crippen LogP contribution is -1.98. The summed E-state index contributed by atoms with van der Waals surface area (Å²) in [6.07, 6.45) is 2.14. The highest BCUT2D eigenvalue weighted by Crippen LogP contribution is 2.11. The second kappa shape index (κ2) is 5.32. The van der Waals surface area contributed by atoms with Crippen molar-refractivity contribution in [3.8, 4) is 0 Å². The molecule has 0 fully saturated rings. The van der Waals surface area contributed by atoms with E-state index in [0.29, 0.717) is 12.0 Å². The molecular formula is C12H14O3. The van der Waals surface area contributed by atoms with Crippen LogP contribution in [0.2, 0.25) is 0 Å². The van der Waals surface area contributed by atoms with Crippen molar-refractivity contribution in [3.63, 3.8) is 0 Å². The number of carbonyl (C=O) groups is 1. The lowest BCUT2D eigenvalue weighted by molar-refractivity contribution is -0.132. The van der Waals surface area contributed by atoms with Gasteiger partial charge in [0.25, 0.3) is 0 Å². The van der Waals surface area contributed by atoms with Crippen LogP contribution in [0.1, 0.15) is 24.5 Å². The number of hydrogen-bond donors (Lipinski definition) is 2. The predicted molar refractivity (Wildman–Crippen MR) is 58.3 cm³/mol. The van der Waals surface area contributed by atoms with E-state index in [1.54, 1.807) is 30.3 Å². The molecule has 0 amide bonds. The molecule has 0 atom stereocenters. The Kier molecular flexibility index (Phi) is 4.06. The topological polar surface area (TPSA) is 57.5 Å². The Labute approximate surface area is 88.7 Å². The summed E-state index contributed by atoms with van der Waals surface area (Å²) in [6.45, 7) is 1.81. The first-order valence-corrected chi connectivity index (χ1v) is 4.81. The molecule has 80 valence electrons. The quantitative estimate of drug-likeness (QED) is 0.741. The Hall–Kier alpha value is -1.61. The largest absolute Gasteiger partial charge is 0.478 e. The number of carboxylic acids is 1. The molecule has 0 saturated carbocycles. The maximum Gasteiger partial charge on any atom is 0.331 e. The zero-order valence-corrected chi connectivity index (χ0v) is 8.60. The molecule has 1 rings (SSSR count). The summed E-state index contributed by atoms with van der Waals surface area (Å²) in [7, 11) is 0. The minimum atomic E-state index is -0.885. The summed E-state index contributed by atoms with van der Waals surface area (Å²) in [5.74, 6) is -0.885. The molecule has 0 heterocycles. The normalized spacial score (nSPS) is 11.5. The predicted octanol–water partition coefficient (Wildman–Crippen LogP) is 2.06. The smallest absolute Gasteiger partial charge is 0.331 e. The first-order valence-electron chi connectivity index (χ1n) is 4.81. The number of rotatable bonds is 4. The van der Waals surface area contributed by atoms with Crippen LogP contribution >= 0.6 is 0 Å². The number of hydrogen-bond acceptors (Lipinski definition) is 2. The van der Waals surface area contributed by atoms with Crippen molar-refractivity contribution < 1.29 is 15.0 Å². The number of carboxylic acid groups (broad SMARTS) is 1. The van der Waals surface area contributed by atoms with Crippen molar-refractivity contribution in [3.05, 3.63) is 41.0 Å². The third kappa shape index (κ3) is 3.22. The maximum absolute atomic E-state index is 10.7. The Morgan fingerprint density at radius 2 is 1.93 bits per heavy atom. The van der Waals surface area contributed by atoms with E-state index in [1.165, 1.54) is 0 Å². The van der Waals surface area contributed by atoms with Crippen LogP contribution in [-0.2, 0) is 11.4 Å². The van der Waals surface area contributed by atoms with Crippen molar-refractivity contribution in [2.45, 2.75) is 20.0 Å². The molecule has 2 N–H and O–H groups in total. The molecule has 0 spiro atoms. The van der Waals surface area contributed by atoms with E-state index in [-0.39, 0.29) is 6.61 Å². The van der Waals surface area contributed by atoms with Gasteiger partial charge in [-0.05, 0) is 23.6 Å². The van der Waals surface area contributed by atoms with Gasteiger partial charge in [-0.1, -0.05) is 31.2 Å². The van der Waals surface area contributed by atoms with Gasteiger partial charge in [0.15, 0.2) is 0 Å². The third-order valence-electron chi connectivity index (χ3n) is 2.16. The van der Waals surface area contributed by atoms with Gasteiger partial charge >= 0.3 is 5.97 Å². The molecule has 15 heavy (non-hydrogen) atoms. The standard InChI is InChI=1S/C12H14O3/c1-2-11(12(14)15)7-9-3-5-10(8-13)6-4-9/h3-7,13H,2,8H2,1H3,(H,14,15). The van der Waals surface area contributed by atoms with Crippen LogP contribution in [0.15, 0.2) is 29.8 Å². The van der Waals surface area contributed by atoms with E-state index >= 15 is 0 Å². The first-order chi connectivity index (χ1) is 7.17.